The summed E-state index contributed by atoms with van der Waals surface area (Å²) < 4.78 is 5.02. The fourth-order valence-corrected chi connectivity index (χ4v) is 1.92. The van der Waals surface area contributed by atoms with E-state index in [2.05, 4.69) is 0 Å². The molecule has 1 aromatic carbocycles. The number of aliphatic hydroxyl groups excluding tert-OH is 1. The lowest BCUT2D eigenvalue weighted by atomic mass is 10.1. The molecule has 0 saturated heterocycles. The Morgan fingerprint density at radius 3 is 2.56 bits per heavy atom. The first-order valence-corrected chi connectivity index (χ1v) is 6.13. The van der Waals surface area contributed by atoms with Crippen LogP contribution in [0.4, 0.5) is 0 Å². The van der Waals surface area contributed by atoms with Crippen molar-refractivity contribution in [2.24, 2.45) is 0 Å². The van der Waals surface area contributed by atoms with Gasteiger partial charge in [-0.2, -0.15) is 0 Å². The summed E-state index contributed by atoms with van der Waals surface area (Å²) in [6.07, 6.45) is -0.567. The van der Waals surface area contributed by atoms with Gasteiger partial charge in [0.15, 0.2) is 5.12 Å². The molecule has 1 atom stereocenters. The molecule has 4 heteroatoms. The second kappa shape index (κ2) is 6.55. The highest BCUT2D eigenvalue weighted by atomic mass is 32.2. The van der Waals surface area contributed by atoms with Gasteiger partial charge in [-0.1, -0.05) is 30.8 Å². The average Bonchev–Trinajstić information content (AvgIpc) is 2.29. The largest absolute Gasteiger partial charge is 0.497 e. The van der Waals surface area contributed by atoms with Crippen LogP contribution >= 0.6 is 11.8 Å². The summed E-state index contributed by atoms with van der Waals surface area (Å²) in [7, 11) is 1.59. The maximum Gasteiger partial charge on any atom is 0.191 e. The average molecular weight is 240 g/mol. The van der Waals surface area contributed by atoms with Crippen molar-refractivity contribution in [3.8, 4) is 5.75 Å². The van der Waals surface area contributed by atoms with Crippen molar-refractivity contribution in [1.82, 2.24) is 0 Å². The quantitative estimate of drug-likeness (QED) is 0.858. The molecule has 0 aromatic heterocycles. The van der Waals surface area contributed by atoms with Gasteiger partial charge in [0.05, 0.1) is 13.2 Å². The minimum absolute atomic E-state index is 0.0193. The van der Waals surface area contributed by atoms with Gasteiger partial charge in [0, 0.05) is 6.42 Å². The summed E-state index contributed by atoms with van der Waals surface area (Å²) in [5, 5.41) is 9.83. The second-order valence-electron chi connectivity index (χ2n) is 3.30. The zero-order chi connectivity index (χ0) is 12.0. The van der Waals surface area contributed by atoms with Crippen molar-refractivity contribution in [2.75, 3.05) is 12.9 Å². The molecule has 88 valence electrons. The highest BCUT2D eigenvalue weighted by molar-refractivity contribution is 8.13. The van der Waals surface area contributed by atoms with E-state index in [1.807, 2.05) is 6.92 Å². The lowest BCUT2D eigenvalue weighted by molar-refractivity contribution is -0.112. The van der Waals surface area contributed by atoms with E-state index in [1.54, 1.807) is 31.4 Å². The molecule has 1 N–H and O–H groups in total. The maximum atomic E-state index is 11.3. The third-order valence-corrected chi connectivity index (χ3v) is 2.94. The molecule has 16 heavy (non-hydrogen) atoms. The summed E-state index contributed by atoms with van der Waals surface area (Å²) in [5.41, 5.74) is 0.742. The van der Waals surface area contributed by atoms with Crippen LogP contribution in [-0.2, 0) is 4.79 Å². The van der Waals surface area contributed by atoms with Crippen LogP contribution < -0.4 is 4.74 Å². The monoisotopic (exact) mass is 240 g/mol. The Bertz CT molecular complexity index is 335. The molecule has 3 nitrogen and oxygen atoms in total. The summed E-state index contributed by atoms with van der Waals surface area (Å²) in [6, 6.07) is 7.09. The van der Waals surface area contributed by atoms with Gasteiger partial charge >= 0.3 is 0 Å². The number of thioether (sulfide) groups is 1. The number of methoxy groups -OCH3 is 1. The van der Waals surface area contributed by atoms with E-state index in [1.165, 1.54) is 11.8 Å². The number of carbonyl (C=O) groups is 1. The second-order valence-corrected chi connectivity index (χ2v) is 4.62. The van der Waals surface area contributed by atoms with E-state index in [4.69, 9.17) is 4.74 Å². The van der Waals surface area contributed by atoms with Gasteiger partial charge in [-0.25, -0.2) is 0 Å². The fraction of sp³-hybridized carbons (Fsp3) is 0.417. The van der Waals surface area contributed by atoms with E-state index in [0.717, 1.165) is 17.1 Å². The number of hydrogen-bond donors (Lipinski definition) is 1. The number of benzene rings is 1. The van der Waals surface area contributed by atoms with E-state index in [-0.39, 0.29) is 11.5 Å². The molecule has 1 aromatic rings. The Kier molecular flexibility index (Phi) is 5.35. The highest BCUT2D eigenvalue weighted by Gasteiger charge is 2.12. The summed E-state index contributed by atoms with van der Waals surface area (Å²) in [5.74, 6) is 1.49. The van der Waals surface area contributed by atoms with Gasteiger partial charge in [0.2, 0.25) is 0 Å². The van der Waals surface area contributed by atoms with E-state index < -0.39 is 6.10 Å². The Hall–Kier alpha value is -1.00. The molecule has 0 aliphatic heterocycles. The van der Waals surface area contributed by atoms with Crippen molar-refractivity contribution in [2.45, 2.75) is 19.4 Å². The molecule has 0 saturated carbocycles. The predicted molar refractivity (Wildman–Crippen MR) is 65.7 cm³/mol. The predicted octanol–water partition coefficient (Wildman–Crippen LogP) is 2.40. The summed E-state index contributed by atoms with van der Waals surface area (Å²) >= 11 is 1.24. The number of aliphatic hydroxyl groups is 1. The zero-order valence-corrected chi connectivity index (χ0v) is 10.3. The number of ether oxygens (including phenoxy) is 1. The lowest BCUT2D eigenvalue weighted by Crippen LogP contribution is -2.03. The molecule has 0 radical (unpaired) electrons. The number of rotatable bonds is 5. The molecule has 1 rings (SSSR count). The highest BCUT2D eigenvalue weighted by Crippen LogP contribution is 2.22. The normalized spacial score (nSPS) is 12.2. The van der Waals surface area contributed by atoms with E-state index in [9.17, 15) is 9.90 Å². The van der Waals surface area contributed by atoms with Crippen LogP contribution in [0.3, 0.4) is 0 Å². The first kappa shape index (κ1) is 13.1. The molecular formula is C12H16O3S. The number of carbonyl (C=O) groups excluding carboxylic acids is 1. The van der Waals surface area contributed by atoms with Crippen LogP contribution in [0, 0.1) is 0 Å². The minimum atomic E-state index is -0.725. The lowest BCUT2D eigenvalue weighted by Gasteiger charge is -2.10. The van der Waals surface area contributed by atoms with Gasteiger partial charge in [-0.15, -0.1) is 0 Å². The first-order valence-electron chi connectivity index (χ1n) is 5.15. The molecule has 0 amide bonds. The van der Waals surface area contributed by atoms with Crippen molar-refractivity contribution >= 4 is 16.9 Å². The number of hydrogen-bond acceptors (Lipinski definition) is 4. The van der Waals surface area contributed by atoms with E-state index in [0.29, 0.717) is 0 Å². The van der Waals surface area contributed by atoms with Gasteiger partial charge < -0.3 is 9.84 Å². The third kappa shape index (κ3) is 3.87. The van der Waals surface area contributed by atoms with Crippen LogP contribution in [0.5, 0.6) is 5.75 Å². The summed E-state index contributed by atoms with van der Waals surface area (Å²) in [4.78, 5) is 11.3. The minimum Gasteiger partial charge on any atom is -0.497 e. The molecular weight excluding hydrogens is 224 g/mol. The Balaban J connectivity index is 2.58. The molecule has 0 unspecified atom stereocenters. The third-order valence-electron chi connectivity index (χ3n) is 2.17. The Labute approximate surface area is 99.8 Å². The van der Waals surface area contributed by atoms with Gasteiger partial charge in [-0.05, 0) is 23.4 Å². The Morgan fingerprint density at radius 2 is 2.06 bits per heavy atom. The van der Waals surface area contributed by atoms with Crippen molar-refractivity contribution in [3.63, 3.8) is 0 Å². The molecule has 0 heterocycles. The topological polar surface area (TPSA) is 46.5 Å². The smallest absolute Gasteiger partial charge is 0.191 e. The SMILES string of the molecule is CCSC(=O)C[C@@H](O)c1ccc(OC)cc1. The van der Waals surface area contributed by atoms with Crippen LogP contribution in [0.1, 0.15) is 25.0 Å². The standard InChI is InChI=1S/C12H16O3S/c1-3-16-12(14)8-11(13)9-4-6-10(15-2)7-5-9/h4-7,11,13H,3,8H2,1-2H3/t11-/m1/s1. The molecule has 0 spiro atoms. The van der Waals surface area contributed by atoms with Gasteiger partial charge in [0.25, 0.3) is 0 Å². The summed E-state index contributed by atoms with van der Waals surface area (Å²) in [6.45, 7) is 1.92. The van der Waals surface area contributed by atoms with Crippen molar-refractivity contribution < 1.29 is 14.6 Å². The van der Waals surface area contributed by atoms with Crippen LogP contribution in [0.25, 0.3) is 0 Å². The maximum absolute atomic E-state index is 11.3. The van der Waals surface area contributed by atoms with E-state index >= 15 is 0 Å². The van der Waals surface area contributed by atoms with Crippen LogP contribution in [0.15, 0.2) is 24.3 Å². The van der Waals surface area contributed by atoms with Gasteiger partial charge in [0.1, 0.15) is 5.75 Å². The molecule has 0 fully saturated rings. The fourth-order valence-electron chi connectivity index (χ4n) is 1.32. The Morgan fingerprint density at radius 1 is 1.44 bits per heavy atom. The van der Waals surface area contributed by atoms with Crippen molar-refractivity contribution in [1.29, 1.82) is 0 Å². The van der Waals surface area contributed by atoms with Crippen molar-refractivity contribution in [3.05, 3.63) is 29.8 Å². The first-order chi connectivity index (χ1) is 7.67. The molecule has 0 aliphatic carbocycles. The van der Waals surface area contributed by atoms with Crippen LogP contribution in [0.2, 0.25) is 0 Å². The van der Waals surface area contributed by atoms with Crippen LogP contribution in [-0.4, -0.2) is 23.1 Å². The zero-order valence-electron chi connectivity index (χ0n) is 9.47. The molecule has 0 aliphatic rings. The van der Waals surface area contributed by atoms with Gasteiger partial charge in [-0.3, -0.25) is 4.79 Å². The molecule has 0 bridgehead atoms.